The number of carbonyl (C=O) groups is 3. The molecular weight excluding hydrogens is 470 g/mol. The lowest BCUT2D eigenvalue weighted by Gasteiger charge is -2.32. The Balaban J connectivity index is 1.28. The average molecular weight is 508 g/mol. The van der Waals surface area contributed by atoms with E-state index in [0.29, 0.717) is 32.5 Å². The largest absolute Gasteiger partial charge is 0.494 e. The molecule has 0 bridgehead atoms. The van der Waals surface area contributed by atoms with Crippen molar-refractivity contribution in [1.29, 1.82) is 0 Å². The zero-order valence-corrected chi connectivity index (χ0v) is 21.8. The first-order valence-corrected chi connectivity index (χ1v) is 13.3. The molecule has 1 aliphatic heterocycles. The fourth-order valence-electron chi connectivity index (χ4n) is 5.46. The summed E-state index contributed by atoms with van der Waals surface area (Å²) in [5.74, 6) is 0.410. The molecule has 1 saturated carbocycles. The highest BCUT2D eigenvalue weighted by Gasteiger charge is 2.28. The van der Waals surface area contributed by atoms with Gasteiger partial charge >= 0.3 is 12.1 Å². The molecule has 0 aromatic heterocycles. The summed E-state index contributed by atoms with van der Waals surface area (Å²) in [6, 6.07) is 12.0. The molecule has 0 saturated heterocycles. The highest BCUT2D eigenvalue weighted by atomic mass is 16.6. The summed E-state index contributed by atoms with van der Waals surface area (Å²) in [7, 11) is 0. The fraction of sp³-hybridized carbons (Fsp3) is 0.500. The number of fused-ring (bicyclic) bond motifs is 1. The normalized spacial score (nSPS) is 19.1. The zero-order valence-electron chi connectivity index (χ0n) is 21.8. The van der Waals surface area contributed by atoms with Gasteiger partial charge in [0.25, 0.3) is 0 Å². The van der Waals surface area contributed by atoms with Gasteiger partial charge in [0.05, 0.1) is 6.61 Å². The molecule has 198 valence electrons. The lowest BCUT2D eigenvalue weighted by Crippen LogP contribution is -2.39. The van der Waals surface area contributed by atoms with E-state index in [2.05, 4.69) is 6.07 Å². The van der Waals surface area contributed by atoms with Crippen LogP contribution in [0, 0.1) is 12.8 Å². The molecule has 0 unspecified atom stereocenters. The molecule has 7 heteroatoms. The molecule has 0 spiro atoms. The number of amides is 1. The van der Waals surface area contributed by atoms with E-state index >= 15 is 0 Å². The standard InChI is InChI=1S/C30H37NO6/c1-3-36-28-6-4-5-23(20(28)2)18-26(32)16-22-7-10-25-19-31(14-13-24(25)15-22)30(35)37-27-11-8-21(9-12-27)17-29(33)34/h4-7,10,15,21,27H,3,8-9,11-14,16-19H2,1-2H3,(H,33,34). The van der Waals surface area contributed by atoms with Gasteiger partial charge in [-0.05, 0) is 85.8 Å². The lowest BCUT2D eigenvalue weighted by molar-refractivity contribution is -0.138. The summed E-state index contributed by atoms with van der Waals surface area (Å²) in [4.78, 5) is 38.3. The van der Waals surface area contributed by atoms with Crippen molar-refractivity contribution in [3.05, 3.63) is 64.2 Å². The number of carbonyl (C=O) groups excluding carboxylic acids is 2. The van der Waals surface area contributed by atoms with Gasteiger partial charge in [0.15, 0.2) is 0 Å². The van der Waals surface area contributed by atoms with Gasteiger partial charge in [0.1, 0.15) is 17.6 Å². The van der Waals surface area contributed by atoms with Crippen LogP contribution in [-0.4, -0.2) is 47.1 Å². The number of carboxylic acids is 1. The molecule has 37 heavy (non-hydrogen) atoms. The number of aliphatic carboxylic acids is 1. The Bertz CT molecular complexity index is 1130. The van der Waals surface area contributed by atoms with Crippen LogP contribution in [0.1, 0.15) is 66.8 Å². The van der Waals surface area contributed by atoms with Crippen molar-refractivity contribution < 1.29 is 29.0 Å². The maximum atomic E-state index is 12.8. The first-order valence-electron chi connectivity index (χ1n) is 13.3. The Morgan fingerprint density at radius 2 is 1.81 bits per heavy atom. The number of rotatable bonds is 9. The van der Waals surface area contributed by atoms with Crippen LogP contribution in [0.5, 0.6) is 5.75 Å². The average Bonchev–Trinajstić information content (AvgIpc) is 2.87. The van der Waals surface area contributed by atoms with Crippen LogP contribution in [0.3, 0.4) is 0 Å². The number of ketones is 1. The fourth-order valence-corrected chi connectivity index (χ4v) is 5.46. The van der Waals surface area contributed by atoms with Crippen LogP contribution < -0.4 is 4.74 Å². The maximum Gasteiger partial charge on any atom is 0.410 e. The summed E-state index contributed by atoms with van der Waals surface area (Å²) in [5.41, 5.74) is 5.28. The number of Topliss-reactive ketones (excluding diaryl/α,β-unsaturated/α-hetero) is 1. The Kier molecular flexibility index (Phi) is 8.85. The molecule has 1 amide bonds. The molecule has 0 radical (unpaired) electrons. The van der Waals surface area contributed by atoms with E-state index in [-0.39, 0.29) is 30.3 Å². The van der Waals surface area contributed by atoms with Crippen molar-refractivity contribution in [3.8, 4) is 5.75 Å². The van der Waals surface area contributed by atoms with Gasteiger partial charge in [-0.3, -0.25) is 9.59 Å². The predicted molar refractivity (Wildman–Crippen MR) is 140 cm³/mol. The van der Waals surface area contributed by atoms with Gasteiger partial charge in [-0.2, -0.15) is 0 Å². The summed E-state index contributed by atoms with van der Waals surface area (Å²) >= 11 is 0. The van der Waals surface area contributed by atoms with Gasteiger partial charge in [-0.1, -0.05) is 30.3 Å². The number of hydrogen-bond acceptors (Lipinski definition) is 5. The second kappa shape index (κ2) is 12.3. The van der Waals surface area contributed by atoms with Crippen LogP contribution >= 0.6 is 0 Å². The van der Waals surface area contributed by atoms with Crippen LogP contribution in [-0.2, 0) is 40.1 Å². The van der Waals surface area contributed by atoms with E-state index in [1.165, 1.54) is 5.56 Å². The number of benzene rings is 2. The lowest BCUT2D eigenvalue weighted by atomic mass is 9.85. The molecule has 2 aliphatic rings. The van der Waals surface area contributed by atoms with Crippen molar-refractivity contribution in [2.24, 2.45) is 5.92 Å². The predicted octanol–water partition coefficient (Wildman–Crippen LogP) is 5.28. The van der Waals surface area contributed by atoms with Crippen molar-refractivity contribution in [3.63, 3.8) is 0 Å². The smallest absolute Gasteiger partial charge is 0.410 e. The molecule has 2 aromatic rings. The SMILES string of the molecule is CCOc1cccc(CC(=O)Cc2ccc3c(c2)CCN(C(=O)OC2CCC(CC(=O)O)CC2)C3)c1C. The van der Waals surface area contributed by atoms with Gasteiger partial charge in [0, 0.05) is 32.4 Å². The van der Waals surface area contributed by atoms with Crippen LogP contribution in [0.2, 0.25) is 0 Å². The van der Waals surface area contributed by atoms with Crippen molar-refractivity contribution in [2.45, 2.75) is 77.9 Å². The first kappa shape index (κ1) is 26.7. The minimum Gasteiger partial charge on any atom is -0.494 e. The minimum absolute atomic E-state index is 0.134. The third kappa shape index (κ3) is 7.12. The van der Waals surface area contributed by atoms with Crippen molar-refractivity contribution in [2.75, 3.05) is 13.2 Å². The number of carboxylic acid groups (broad SMARTS) is 1. The van der Waals surface area contributed by atoms with Crippen LogP contribution in [0.4, 0.5) is 4.79 Å². The van der Waals surface area contributed by atoms with E-state index < -0.39 is 5.97 Å². The summed E-state index contributed by atoms with van der Waals surface area (Å²) in [6.45, 7) is 5.62. The monoisotopic (exact) mass is 507 g/mol. The summed E-state index contributed by atoms with van der Waals surface area (Å²) < 4.78 is 11.4. The molecule has 1 fully saturated rings. The maximum absolute atomic E-state index is 12.8. The van der Waals surface area contributed by atoms with Gasteiger partial charge in [-0.25, -0.2) is 4.79 Å². The molecular formula is C30H37NO6. The Hall–Kier alpha value is -3.35. The highest BCUT2D eigenvalue weighted by Crippen LogP contribution is 2.30. The molecule has 1 heterocycles. The second-order valence-corrected chi connectivity index (χ2v) is 10.3. The highest BCUT2D eigenvalue weighted by molar-refractivity contribution is 5.83. The molecule has 2 aromatic carbocycles. The molecule has 7 nitrogen and oxygen atoms in total. The first-order chi connectivity index (χ1) is 17.8. The minimum atomic E-state index is -0.762. The van der Waals surface area contributed by atoms with E-state index in [4.69, 9.17) is 14.6 Å². The number of hydrogen-bond donors (Lipinski definition) is 1. The molecule has 1 N–H and O–H groups in total. The molecule has 0 atom stereocenters. The van der Waals surface area contributed by atoms with E-state index in [9.17, 15) is 14.4 Å². The topological polar surface area (TPSA) is 93.1 Å². The molecule has 1 aliphatic carbocycles. The van der Waals surface area contributed by atoms with E-state index in [0.717, 1.165) is 60.1 Å². The zero-order chi connectivity index (χ0) is 26.4. The second-order valence-electron chi connectivity index (χ2n) is 10.3. The third-order valence-corrected chi connectivity index (χ3v) is 7.55. The number of ether oxygens (including phenoxy) is 2. The summed E-state index contributed by atoms with van der Waals surface area (Å²) in [6.07, 6.45) is 4.26. The summed E-state index contributed by atoms with van der Waals surface area (Å²) in [5, 5.41) is 8.97. The van der Waals surface area contributed by atoms with Crippen molar-refractivity contribution >= 4 is 17.8 Å². The van der Waals surface area contributed by atoms with Gasteiger partial charge in [0.2, 0.25) is 0 Å². The van der Waals surface area contributed by atoms with Gasteiger partial charge < -0.3 is 19.5 Å². The van der Waals surface area contributed by atoms with Crippen LogP contribution in [0.25, 0.3) is 0 Å². The third-order valence-electron chi connectivity index (χ3n) is 7.55. The van der Waals surface area contributed by atoms with E-state index in [1.54, 1.807) is 4.90 Å². The number of nitrogens with zero attached hydrogens (tertiary/aromatic N) is 1. The quantitative estimate of drug-likeness (QED) is 0.497. The Morgan fingerprint density at radius 1 is 1.03 bits per heavy atom. The van der Waals surface area contributed by atoms with Crippen molar-refractivity contribution in [1.82, 2.24) is 4.90 Å². The van der Waals surface area contributed by atoms with Crippen LogP contribution in [0.15, 0.2) is 36.4 Å². The van der Waals surface area contributed by atoms with Gasteiger partial charge in [-0.15, -0.1) is 0 Å². The molecule has 4 rings (SSSR count). The Labute approximate surface area is 218 Å². The Morgan fingerprint density at radius 3 is 2.54 bits per heavy atom. The van der Waals surface area contributed by atoms with E-state index in [1.807, 2.05) is 44.2 Å².